The summed E-state index contributed by atoms with van der Waals surface area (Å²) < 4.78 is 1.42. The van der Waals surface area contributed by atoms with Crippen molar-refractivity contribution in [3.05, 3.63) is 45.5 Å². The third-order valence-electron chi connectivity index (χ3n) is 2.16. The molecule has 0 aliphatic carbocycles. The Kier molecular flexibility index (Phi) is 4.04. The van der Waals surface area contributed by atoms with Gasteiger partial charge in [0.05, 0.1) is 17.3 Å². The molecule has 0 radical (unpaired) electrons. The van der Waals surface area contributed by atoms with E-state index >= 15 is 0 Å². The average molecular weight is 271 g/mol. The van der Waals surface area contributed by atoms with Gasteiger partial charge in [-0.15, -0.1) is 0 Å². The van der Waals surface area contributed by atoms with Crippen molar-refractivity contribution in [2.75, 3.05) is 12.4 Å². The fourth-order valence-electron chi connectivity index (χ4n) is 1.44. The first kappa shape index (κ1) is 12.4. The Morgan fingerprint density at radius 2 is 2.29 bits per heavy atom. The number of fused-ring (bicyclic) bond motifs is 1. The Hall–Kier alpha value is -1.04. The van der Waals surface area contributed by atoms with Crippen LogP contribution in [0.2, 0.25) is 5.02 Å². The largest absolute Gasteiger partial charge is 0.396 e. The molecule has 0 bridgehead atoms. The average Bonchev–Trinajstić information content (AvgIpc) is 2.31. The number of aliphatic hydroxyl groups is 1. The third-order valence-corrected chi connectivity index (χ3v) is 3.36. The highest BCUT2D eigenvalue weighted by Crippen LogP contribution is 2.11. The van der Waals surface area contributed by atoms with Crippen LogP contribution in [0.3, 0.4) is 0 Å². The van der Waals surface area contributed by atoms with Gasteiger partial charge in [-0.1, -0.05) is 11.6 Å². The number of pyridine rings is 1. The summed E-state index contributed by atoms with van der Waals surface area (Å²) in [6.07, 6.45) is 1.55. The number of aromatic nitrogens is 2. The lowest BCUT2D eigenvalue weighted by molar-refractivity contribution is 0.322. The van der Waals surface area contributed by atoms with E-state index in [0.717, 1.165) is 5.69 Å². The predicted octanol–water partition coefficient (Wildman–Crippen LogP) is 1.57. The zero-order chi connectivity index (χ0) is 12.3. The van der Waals surface area contributed by atoms with Gasteiger partial charge in [-0.05, 0) is 12.1 Å². The highest BCUT2D eigenvalue weighted by Gasteiger charge is 2.02. The molecule has 2 aromatic heterocycles. The monoisotopic (exact) mass is 270 g/mol. The van der Waals surface area contributed by atoms with E-state index < -0.39 is 0 Å². The van der Waals surface area contributed by atoms with Gasteiger partial charge < -0.3 is 5.11 Å². The van der Waals surface area contributed by atoms with Crippen molar-refractivity contribution in [1.29, 1.82) is 0 Å². The van der Waals surface area contributed by atoms with Crippen LogP contribution >= 0.6 is 23.4 Å². The van der Waals surface area contributed by atoms with Crippen LogP contribution in [0.25, 0.3) is 5.65 Å². The molecule has 0 saturated carbocycles. The van der Waals surface area contributed by atoms with Crippen molar-refractivity contribution in [3.63, 3.8) is 0 Å². The summed E-state index contributed by atoms with van der Waals surface area (Å²) in [6, 6.07) is 4.91. The van der Waals surface area contributed by atoms with Crippen molar-refractivity contribution < 1.29 is 5.11 Å². The van der Waals surface area contributed by atoms with E-state index in [2.05, 4.69) is 4.98 Å². The number of nitrogens with zero attached hydrogens (tertiary/aromatic N) is 2. The first-order valence-electron chi connectivity index (χ1n) is 5.07. The van der Waals surface area contributed by atoms with Crippen molar-refractivity contribution in [3.8, 4) is 0 Å². The van der Waals surface area contributed by atoms with Crippen LogP contribution in [0.5, 0.6) is 0 Å². The van der Waals surface area contributed by atoms with Gasteiger partial charge in [0.25, 0.3) is 5.56 Å². The molecular formula is C11H11ClN2O2S. The van der Waals surface area contributed by atoms with Crippen LogP contribution in [0.4, 0.5) is 0 Å². The maximum absolute atomic E-state index is 11.8. The minimum absolute atomic E-state index is 0.132. The van der Waals surface area contributed by atoms with Crippen LogP contribution in [-0.4, -0.2) is 26.9 Å². The fourth-order valence-corrected chi connectivity index (χ4v) is 2.23. The molecule has 0 aromatic carbocycles. The quantitative estimate of drug-likeness (QED) is 0.857. The number of rotatable bonds is 4. The van der Waals surface area contributed by atoms with Gasteiger partial charge in [0.15, 0.2) is 0 Å². The van der Waals surface area contributed by atoms with Gasteiger partial charge in [0.2, 0.25) is 0 Å². The first-order chi connectivity index (χ1) is 8.20. The second kappa shape index (κ2) is 5.53. The molecule has 90 valence electrons. The standard InChI is InChI=1S/C11H11ClN2O2S/c12-8-1-2-10-13-9(7-17-4-3-15)5-11(16)14(10)6-8/h1-2,5-6,15H,3-4,7H2. The van der Waals surface area contributed by atoms with Gasteiger partial charge in [0, 0.05) is 23.8 Å². The molecule has 0 atom stereocenters. The van der Waals surface area contributed by atoms with Crippen molar-refractivity contribution in [2.45, 2.75) is 5.75 Å². The molecule has 0 aliphatic heterocycles. The van der Waals surface area contributed by atoms with Crippen molar-refractivity contribution in [1.82, 2.24) is 9.38 Å². The molecule has 6 heteroatoms. The Balaban J connectivity index is 2.35. The summed E-state index contributed by atoms with van der Waals surface area (Å²) in [4.78, 5) is 16.1. The lowest BCUT2D eigenvalue weighted by Crippen LogP contribution is -2.15. The zero-order valence-electron chi connectivity index (χ0n) is 8.97. The molecule has 1 N–H and O–H groups in total. The van der Waals surface area contributed by atoms with Gasteiger partial charge in [0.1, 0.15) is 5.65 Å². The second-order valence-electron chi connectivity index (χ2n) is 3.44. The highest BCUT2D eigenvalue weighted by molar-refractivity contribution is 7.98. The maximum Gasteiger partial charge on any atom is 0.258 e. The Morgan fingerprint density at radius 3 is 3.06 bits per heavy atom. The summed E-state index contributed by atoms with van der Waals surface area (Å²) in [5.74, 6) is 1.26. The van der Waals surface area contributed by atoms with E-state index in [0.29, 0.717) is 22.2 Å². The number of hydrogen-bond donors (Lipinski definition) is 1. The summed E-state index contributed by atoms with van der Waals surface area (Å²) in [5, 5.41) is 9.18. The minimum atomic E-state index is -0.142. The topological polar surface area (TPSA) is 54.6 Å². The minimum Gasteiger partial charge on any atom is -0.396 e. The van der Waals surface area contributed by atoms with E-state index in [1.807, 2.05) is 0 Å². The lowest BCUT2D eigenvalue weighted by Gasteiger charge is -2.03. The molecule has 2 rings (SSSR count). The van der Waals surface area contributed by atoms with E-state index in [1.54, 1.807) is 30.1 Å². The molecule has 2 aromatic rings. The number of aliphatic hydroxyl groups excluding tert-OH is 1. The van der Waals surface area contributed by atoms with Gasteiger partial charge >= 0.3 is 0 Å². The molecule has 2 heterocycles. The van der Waals surface area contributed by atoms with E-state index in [9.17, 15) is 4.79 Å². The Morgan fingerprint density at radius 1 is 1.47 bits per heavy atom. The van der Waals surface area contributed by atoms with Crippen LogP contribution in [0, 0.1) is 0 Å². The van der Waals surface area contributed by atoms with Gasteiger partial charge in [-0.25, -0.2) is 4.98 Å². The SMILES string of the molecule is O=c1cc(CSCCO)nc2ccc(Cl)cn12. The van der Waals surface area contributed by atoms with Crippen molar-refractivity contribution in [2.24, 2.45) is 0 Å². The lowest BCUT2D eigenvalue weighted by atomic mass is 10.4. The van der Waals surface area contributed by atoms with Crippen LogP contribution in [0.15, 0.2) is 29.2 Å². The van der Waals surface area contributed by atoms with Crippen LogP contribution in [-0.2, 0) is 5.75 Å². The number of halogens is 1. The normalized spacial score (nSPS) is 10.9. The zero-order valence-corrected chi connectivity index (χ0v) is 10.5. The molecule has 0 amide bonds. The molecule has 0 spiro atoms. The first-order valence-corrected chi connectivity index (χ1v) is 6.60. The van der Waals surface area contributed by atoms with E-state index in [1.165, 1.54) is 10.5 Å². The smallest absolute Gasteiger partial charge is 0.258 e. The highest BCUT2D eigenvalue weighted by atomic mass is 35.5. The molecule has 0 fully saturated rings. The van der Waals surface area contributed by atoms with Crippen molar-refractivity contribution >= 4 is 29.0 Å². The van der Waals surface area contributed by atoms with Gasteiger partial charge in [-0.3, -0.25) is 9.20 Å². The summed E-state index contributed by atoms with van der Waals surface area (Å²) in [7, 11) is 0. The maximum atomic E-state index is 11.8. The van der Waals surface area contributed by atoms with Crippen LogP contribution < -0.4 is 5.56 Å². The Labute approximate surface area is 107 Å². The molecule has 0 unspecified atom stereocenters. The van der Waals surface area contributed by atoms with Crippen LogP contribution in [0.1, 0.15) is 5.69 Å². The molecule has 0 saturated heterocycles. The Bertz CT molecular complexity index is 585. The second-order valence-corrected chi connectivity index (χ2v) is 4.98. The van der Waals surface area contributed by atoms with Gasteiger partial charge in [-0.2, -0.15) is 11.8 Å². The molecule has 17 heavy (non-hydrogen) atoms. The molecular weight excluding hydrogens is 260 g/mol. The number of thioether (sulfide) groups is 1. The fraction of sp³-hybridized carbons (Fsp3) is 0.273. The molecule has 0 aliphatic rings. The summed E-state index contributed by atoms with van der Waals surface area (Å²) >= 11 is 7.35. The van der Waals surface area contributed by atoms with E-state index in [-0.39, 0.29) is 12.2 Å². The van der Waals surface area contributed by atoms with E-state index in [4.69, 9.17) is 16.7 Å². The summed E-state index contributed by atoms with van der Waals surface area (Å²) in [5.41, 5.74) is 1.16. The predicted molar refractivity (Wildman–Crippen MR) is 69.7 cm³/mol. The summed E-state index contributed by atoms with van der Waals surface area (Å²) in [6.45, 7) is 0.132. The number of hydrogen-bond acceptors (Lipinski definition) is 4. The molecule has 4 nitrogen and oxygen atoms in total. The third kappa shape index (κ3) is 3.00.